The zero-order valence-corrected chi connectivity index (χ0v) is 10.3. The molecular formula is C14H23NO. The van der Waals surface area contributed by atoms with Crippen molar-refractivity contribution >= 4 is 0 Å². The number of benzene rings is 1. The molecule has 90 valence electrons. The normalized spacial score (nSPS) is 13.1. The Labute approximate surface area is 98.5 Å². The summed E-state index contributed by atoms with van der Waals surface area (Å²) >= 11 is 0. The Kier molecular flexibility index (Phi) is 5.50. The van der Waals surface area contributed by atoms with Crippen LogP contribution in [0.5, 0.6) is 0 Å². The summed E-state index contributed by atoms with van der Waals surface area (Å²) in [4.78, 5) is 0. The van der Waals surface area contributed by atoms with Gasteiger partial charge in [0.1, 0.15) is 0 Å². The van der Waals surface area contributed by atoms with Gasteiger partial charge in [0.15, 0.2) is 0 Å². The Morgan fingerprint density at radius 3 is 2.31 bits per heavy atom. The highest BCUT2D eigenvalue weighted by Gasteiger charge is 2.06. The van der Waals surface area contributed by atoms with Crippen molar-refractivity contribution < 1.29 is 5.11 Å². The van der Waals surface area contributed by atoms with Crippen LogP contribution < -0.4 is 5.73 Å². The molecule has 0 radical (unpaired) electrons. The van der Waals surface area contributed by atoms with Gasteiger partial charge in [-0.05, 0) is 42.9 Å². The lowest BCUT2D eigenvalue weighted by Crippen LogP contribution is -2.04. The highest BCUT2D eigenvalue weighted by Crippen LogP contribution is 2.19. The summed E-state index contributed by atoms with van der Waals surface area (Å²) in [5.41, 5.74) is 7.76. The van der Waals surface area contributed by atoms with Crippen LogP contribution in [-0.4, -0.2) is 11.7 Å². The van der Waals surface area contributed by atoms with Gasteiger partial charge in [-0.25, -0.2) is 0 Å². The average Bonchev–Trinajstić information content (AvgIpc) is 2.26. The first-order valence-corrected chi connectivity index (χ1v) is 6.10. The van der Waals surface area contributed by atoms with Crippen LogP contribution in [0.25, 0.3) is 0 Å². The van der Waals surface area contributed by atoms with E-state index in [-0.39, 0.29) is 6.10 Å². The van der Waals surface area contributed by atoms with Crippen molar-refractivity contribution in [1.82, 2.24) is 0 Å². The molecule has 0 bridgehead atoms. The molecule has 1 aromatic carbocycles. The number of rotatable bonds is 6. The van der Waals surface area contributed by atoms with E-state index in [4.69, 9.17) is 5.73 Å². The first-order chi connectivity index (χ1) is 7.63. The molecule has 0 amide bonds. The molecule has 3 N–H and O–H groups in total. The molecule has 0 aliphatic heterocycles. The highest BCUT2D eigenvalue weighted by molar-refractivity contribution is 5.24. The van der Waals surface area contributed by atoms with Gasteiger partial charge in [0, 0.05) is 0 Å². The molecular weight excluding hydrogens is 198 g/mol. The van der Waals surface area contributed by atoms with Gasteiger partial charge in [0.2, 0.25) is 0 Å². The first kappa shape index (κ1) is 13.2. The van der Waals surface area contributed by atoms with Crippen LogP contribution in [0.15, 0.2) is 24.3 Å². The Morgan fingerprint density at radius 2 is 1.81 bits per heavy atom. The summed E-state index contributed by atoms with van der Waals surface area (Å²) in [5, 5.41) is 9.87. The molecule has 1 atom stereocenters. The Balaban J connectivity index is 2.56. The van der Waals surface area contributed by atoms with Gasteiger partial charge >= 0.3 is 0 Å². The third kappa shape index (κ3) is 4.33. The zero-order chi connectivity index (χ0) is 12.0. The third-order valence-electron chi connectivity index (χ3n) is 2.69. The van der Waals surface area contributed by atoms with Gasteiger partial charge in [-0.3, -0.25) is 0 Å². The molecule has 0 spiro atoms. The quantitative estimate of drug-likeness (QED) is 0.775. The number of aliphatic hydroxyl groups excluding tert-OH is 1. The van der Waals surface area contributed by atoms with E-state index in [2.05, 4.69) is 26.0 Å². The van der Waals surface area contributed by atoms with Gasteiger partial charge in [-0.15, -0.1) is 0 Å². The van der Waals surface area contributed by atoms with Crippen LogP contribution >= 0.6 is 0 Å². The molecule has 0 heterocycles. The van der Waals surface area contributed by atoms with Gasteiger partial charge in [-0.2, -0.15) is 0 Å². The predicted molar refractivity (Wildman–Crippen MR) is 68.2 cm³/mol. The monoisotopic (exact) mass is 221 g/mol. The fourth-order valence-corrected chi connectivity index (χ4v) is 1.83. The van der Waals surface area contributed by atoms with Gasteiger partial charge in [0.05, 0.1) is 6.10 Å². The van der Waals surface area contributed by atoms with Gasteiger partial charge in [0.25, 0.3) is 0 Å². The highest BCUT2D eigenvalue weighted by atomic mass is 16.3. The first-order valence-electron chi connectivity index (χ1n) is 6.10. The second kappa shape index (κ2) is 6.66. The fourth-order valence-electron chi connectivity index (χ4n) is 1.83. The summed E-state index contributed by atoms with van der Waals surface area (Å²) in [6.45, 7) is 5.07. The molecule has 1 unspecified atom stereocenters. The average molecular weight is 221 g/mol. The minimum Gasteiger partial charge on any atom is -0.388 e. The molecule has 0 saturated carbocycles. The molecule has 1 aromatic rings. The van der Waals surface area contributed by atoms with E-state index in [1.807, 2.05) is 12.1 Å². The smallest absolute Gasteiger partial charge is 0.0790 e. The molecule has 2 nitrogen and oxygen atoms in total. The number of nitrogens with two attached hydrogens (primary N) is 1. The molecule has 1 rings (SSSR count). The van der Waals surface area contributed by atoms with Gasteiger partial charge < -0.3 is 10.8 Å². The molecule has 16 heavy (non-hydrogen) atoms. The van der Waals surface area contributed by atoms with Crippen LogP contribution in [0.1, 0.15) is 43.9 Å². The maximum absolute atomic E-state index is 9.87. The third-order valence-corrected chi connectivity index (χ3v) is 2.69. The second-order valence-corrected chi connectivity index (χ2v) is 4.79. The molecule has 0 fully saturated rings. The summed E-state index contributed by atoms with van der Waals surface area (Å²) in [5.74, 6) is 0.674. The predicted octanol–water partition coefficient (Wildman–Crippen LogP) is 2.66. The minimum atomic E-state index is -0.364. The Hall–Kier alpha value is -0.860. The zero-order valence-electron chi connectivity index (χ0n) is 10.3. The van der Waals surface area contributed by atoms with E-state index in [1.54, 1.807) is 0 Å². The maximum Gasteiger partial charge on any atom is 0.0790 e. The molecule has 0 saturated heterocycles. The van der Waals surface area contributed by atoms with E-state index in [0.29, 0.717) is 12.5 Å². The van der Waals surface area contributed by atoms with Crippen molar-refractivity contribution in [3.05, 3.63) is 35.4 Å². The summed E-state index contributed by atoms with van der Waals surface area (Å²) in [6, 6.07) is 8.28. The largest absolute Gasteiger partial charge is 0.388 e. The Morgan fingerprint density at radius 1 is 1.19 bits per heavy atom. The van der Waals surface area contributed by atoms with Crippen LogP contribution in [0.4, 0.5) is 0 Å². The maximum atomic E-state index is 9.87. The standard InChI is InChI=1S/C14H23NO/c1-11(2)10-12-5-7-13(8-6-12)14(16)4-3-9-15/h5-8,11,14,16H,3-4,9-10,15H2,1-2H3. The van der Waals surface area contributed by atoms with E-state index < -0.39 is 0 Å². The molecule has 0 aliphatic rings. The minimum absolute atomic E-state index is 0.364. The lowest BCUT2D eigenvalue weighted by atomic mass is 9.99. The molecule has 2 heteroatoms. The summed E-state index contributed by atoms with van der Waals surface area (Å²) < 4.78 is 0. The van der Waals surface area contributed by atoms with E-state index in [9.17, 15) is 5.11 Å². The number of aliphatic hydroxyl groups is 1. The van der Waals surface area contributed by atoms with Crippen molar-refractivity contribution in [2.24, 2.45) is 11.7 Å². The van der Waals surface area contributed by atoms with Crippen LogP contribution in [0.2, 0.25) is 0 Å². The van der Waals surface area contributed by atoms with Crippen LogP contribution in [-0.2, 0) is 6.42 Å². The van der Waals surface area contributed by atoms with Gasteiger partial charge in [-0.1, -0.05) is 38.1 Å². The van der Waals surface area contributed by atoms with Crippen molar-refractivity contribution in [2.45, 2.75) is 39.2 Å². The van der Waals surface area contributed by atoms with Crippen molar-refractivity contribution in [3.8, 4) is 0 Å². The van der Waals surface area contributed by atoms with Crippen LogP contribution in [0, 0.1) is 5.92 Å². The summed E-state index contributed by atoms with van der Waals surface area (Å²) in [7, 11) is 0. The molecule has 0 aliphatic carbocycles. The van der Waals surface area contributed by atoms with E-state index in [1.165, 1.54) is 5.56 Å². The molecule has 0 aromatic heterocycles. The topological polar surface area (TPSA) is 46.2 Å². The van der Waals surface area contributed by atoms with E-state index >= 15 is 0 Å². The summed E-state index contributed by atoms with van der Waals surface area (Å²) in [6.07, 6.45) is 2.35. The van der Waals surface area contributed by atoms with Crippen LogP contribution in [0.3, 0.4) is 0 Å². The lowest BCUT2D eigenvalue weighted by Gasteiger charge is -2.11. The van der Waals surface area contributed by atoms with Crippen molar-refractivity contribution in [1.29, 1.82) is 0 Å². The fraction of sp³-hybridized carbons (Fsp3) is 0.571. The van der Waals surface area contributed by atoms with Crippen molar-refractivity contribution in [2.75, 3.05) is 6.54 Å². The van der Waals surface area contributed by atoms with Crippen molar-refractivity contribution in [3.63, 3.8) is 0 Å². The lowest BCUT2D eigenvalue weighted by molar-refractivity contribution is 0.165. The van der Waals surface area contributed by atoms with E-state index in [0.717, 1.165) is 24.8 Å². The number of hydrogen-bond donors (Lipinski definition) is 2. The second-order valence-electron chi connectivity index (χ2n) is 4.79. The SMILES string of the molecule is CC(C)Cc1ccc(C(O)CCCN)cc1. The number of hydrogen-bond acceptors (Lipinski definition) is 2. The Bertz CT molecular complexity index is 292.